The highest BCUT2D eigenvalue weighted by atomic mass is 79.9. The van der Waals surface area contributed by atoms with Crippen LogP contribution in [0.4, 0.5) is 0 Å². The molecular formula is C14H15BrN4OS. The van der Waals surface area contributed by atoms with E-state index in [1.54, 1.807) is 30.1 Å². The van der Waals surface area contributed by atoms with E-state index in [0.29, 0.717) is 6.04 Å². The topological polar surface area (TPSA) is 51.0 Å². The lowest BCUT2D eigenvalue weighted by Crippen LogP contribution is -2.38. The summed E-state index contributed by atoms with van der Waals surface area (Å²) >= 11 is 5.03. The fourth-order valence-corrected chi connectivity index (χ4v) is 3.76. The van der Waals surface area contributed by atoms with Crippen LogP contribution >= 0.6 is 27.3 Å². The number of carbonyl (C=O) groups excluding carboxylic acids is 1. The molecule has 3 rings (SSSR count). The lowest BCUT2D eigenvalue weighted by atomic mass is 10.1. The number of rotatable bonds is 3. The molecule has 1 aliphatic heterocycles. The molecule has 1 aliphatic rings. The smallest absolute Gasteiger partial charge is 0.246 e. The Hall–Kier alpha value is -1.47. The number of nitrogens with zero attached hydrogens (tertiary/aromatic N) is 4. The summed E-state index contributed by atoms with van der Waals surface area (Å²) < 4.78 is 2.96. The molecule has 0 aliphatic carbocycles. The number of piperidine rings is 1. The van der Waals surface area contributed by atoms with E-state index in [2.05, 4.69) is 26.0 Å². The SMILES string of the molecule is O=C(/C=C/c1ccc(Br)s1)N1CCC(n2cncn2)CC1. The number of thiophene rings is 1. The third-order valence-electron chi connectivity index (χ3n) is 3.57. The van der Waals surface area contributed by atoms with Crippen LogP contribution in [-0.4, -0.2) is 38.7 Å². The lowest BCUT2D eigenvalue weighted by Gasteiger charge is -2.31. The van der Waals surface area contributed by atoms with Gasteiger partial charge in [-0.15, -0.1) is 11.3 Å². The van der Waals surface area contributed by atoms with Gasteiger partial charge in [0.15, 0.2) is 0 Å². The second-order valence-corrected chi connectivity index (χ2v) is 7.40. The van der Waals surface area contributed by atoms with E-state index in [-0.39, 0.29) is 5.91 Å². The second kappa shape index (κ2) is 6.53. The number of aromatic nitrogens is 3. The molecule has 0 N–H and O–H groups in total. The van der Waals surface area contributed by atoms with Crippen molar-refractivity contribution in [1.29, 1.82) is 0 Å². The summed E-state index contributed by atoms with van der Waals surface area (Å²) in [5.41, 5.74) is 0. The van der Waals surface area contributed by atoms with Crippen LogP contribution in [0.2, 0.25) is 0 Å². The van der Waals surface area contributed by atoms with Gasteiger partial charge in [0.1, 0.15) is 12.7 Å². The highest BCUT2D eigenvalue weighted by Gasteiger charge is 2.22. The zero-order valence-corrected chi connectivity index (χ0v) is 13.8. The first kappa shape index (κ1) is 14.5. The van der Waals surface area contributed by atoms with Gasteiger partial charge in [-0.3, -0.25) is 4.79 Å². The molecule has 7 heteroatoms. The molecule has 0 bridgehead atoms. The Morgan fingerprint density at radius 3 is 2.81 bits per heavy atom. The van der Waals surface area contributed by atoms with Crippen LogP contribution < -0.4 is 0 Å². The minimum absolute atomic E-state index is 0.0802. The molecule has 0 saturated carbocycles. The predicted octanol–water partition coefficient (Wildman–Crippen LogP) is 2.98. The lowest BCUT2D eigenvalue weighted by molar-refractivity contribution is -0.127. The molecule has 0 radical (unpaired) electrons. The highest BCUT2D eigenvalue weighted by molar-refractivity contribution is 9.11. The summed E-state index contributed by atoms with van der Waals surface area (Å²) in [6.07, 6.45) is 8.69. The Kier molecular flexibility index (Phi) is 4.50. The number of halogens is 1. The molecular weight excluding hydrogens is 352 g/mol. The third-order valence-corrected chi connectivity index (χ3v) is 5.16. The van der Waals surface area contributed by atoms with Gasteiger partial charge in [0.2, 0.25) is 5.91 Å². The molecule has 0 aromatic carbocycles. The van der Waals surface area contributed by atoms with Gasteiger partial charge >= 0.3 is 0 Å². The molecule has 1 amide bonds. The van der Waals surface area contributed by atoms with Gasteiger partial charge in [-0.1, -0.05) is 0 Å². The normalized spacial score (nSPS) is 16.7. The molecule has 0 unspecified atom stereocenters. The van der Waals surface area contributed by atoms with Gasteiger partial charge in [0.05, 0.1) is 9.83 Å². The van der Waals surface area contributed by atoms with Crippen molar-refractivity contribution < 1.29 is 4.79 Å². The van der Waals surface area contributed by atoms with Crippen molar-refractivity contribution in [2.45, 2.75) is 18.9 Å². The standard InChI is InChI=1S/C14H15BrN4OS/c15-13-3-1-12(21-13)2-4-14(20)18-7-5-11(6-8-18)19-10-16-9-17-19/h1-4,9-11H,5-8H2/b4-2+. The van der Waals surface area contributed by atoms with E-state index < -0.39 is 0 Å². The van der Waals surface area contributed by atoms with Crippen LogP contribution in [0, 0.1) is 0 Å². The maximum absolute atomic E-state index is 12.2. The fourth-order valence-electron chi connectivity index (χ4n) is 2.43. The molecule has 1 saturated heterocycles. The van der Waals surface area contributed by atoms with Gasteiger partial charge in [-0.2, -0.15) is 5.10 Å². The summed E-state index contributed by atoms with van der Waals surface area (Å²) in [5, 5.41) is 4.17. The summed E-state index contributed by atoms with van der Waals surface area (Å²) in [4.78, 5) is 19.1. The molecule has 2 aromatic heterocycles. The quantitative estimate of drug-likeness (QED) is 0.784. The second-order valence-electron chi connectivity index (χ2n) is 4.91. The molecule has 3 heterocycles. The molecule has 110 valence electrons. The average molecular weight is 367 g/mol. The first-order chi connectivity index (χ1) is 10.2. The highest BCUT2D eigenvalue weighted by Crippen LogP contribution is 2.24. The Labute approximate surface area is 135 Å². The van der Waals surface area contributed by atoms with E-state index in [1.807, 2.05) is 27.8 Å². The van der Waals surface area contributed by atoms with Gasteiger partial charge in [-0.05, 0) is 47.0 Å². The summed E-state index contributed by atoms with van der Waals surface area (Å²) in [6, 6.07) is 4.34. The van der Waals surface area contributed by atoms with Gasteiger partial charge in [0.25, 0.3) is 0 Å². The number of hydrogen-bond acceptors (Lipinski definition) is 4. The van der Waals surface area contributed by atoms with Crippen LogP contribution in [0.5, 0.6) is 0 Å². The van der Waals surface area contributed by atoms with Crippen molar-refractivity contribution >= 4 is 39.2 Å². The molecule has 21 heavy (non-hydrogen) atoms. The van der Waals surface area contributed by atoms with Gasteiger partial charge in [-0.25, -0.2) is 9.67 Å². The van der Waals surface area contributed by atoms with Crippen molar-refractivity contribution in [3.8, 4) is 0 Å². The van der Waals surface area contributed by atoms with Crippen LogP contribution in [0.15, 0.2) is 34.6 Å². The Bertz CT molecular complexity index is 629. The van der Waals surface area contributed by atoms with E-state index in [9.17, 15) is 4.79 Å². The largest absolute Gasteiger partial charge is 0.339 e. The van der Waals surface area contributed by atoms with Gasteiger partial charge < -0.3 is 4.90 Å². The van der Waals surface area contributed by atoms with E-state index in [1.165, 1.54) is 0 Å². The van der Waals surface area contributed by atoms with Crippen LogP contribution in [0.3, 0.4) is 0 Å². The Morgan fingerprint density at radius 2 is 2.19 bits per heavy atom. The van der Waals surface area contributed by atoms with Crippen LogP contribution in [0.1, 0.15) is 23.8 Å². The van der Waals surface area contributed by atoms with E-state index >= 15 is 0 Å². The minimum atomic E-state index is 0.0802. The fraction of sp³-hybridized carbons (Fsp3) is 0.357. The molecule has 1 fully saturated rings. The Balaban J connectivity index is 1.54. The van der Waals surface area contributed by atoms with E-state index in [0.717, 1.165) is 34.6 Å². The molecule has 0 atom stereocenters. The maximum Gasteiger partial charge on any atom is 0.246 e. The van der Waals surface area contributed by atoms with Crippen molar-refractivity contribution in [3.63, 3.8) is 0 Å². The number of carbonyl (C=O) groups is 1. The first-order valence-electron chi connectivity index (χ1n) is 6.79. The summed E-state index contributed by atoms with van der Waals surface area (Å²) in [5.74, 6) is 0.0802. The zero-order chi connectivity index (χ0) is 14.7. The van der Waals surface area contributed by atoms with Crippen molar-refractivity contribution in [2.24, 2.45) is 0 Å². The Morgan fingerprint density at radius 1 is 1.38 bits per heavy atom. The predicted molar refractivity (Wildman–Crippen MR) is 85.9 cm³/mol. The van der Waals surface area contributed by atoms with Gasteiger partial charge in [0, 0.05) is 24.0 Å². The molecule has 0 spiro atoms. The zero-order valence-electron chi connectivity index (χ0n) is 11.4. The van der Waals surface area contributed by atoms with E-state index in [4.69, 9.17) is 0 Å². The van der Waals surface area contributed by atoms with Crippen LogP contribution in [0.25, 0.3) is 6.08 Å². The van der Waals surface area contributed by atoms with Crippen molar-refractivity contribution in [1.82, 2.24) is 19.7 Å². The number of amides is 1. The monoisotopic (exact) mass is 366 g/mol. The van der Waals surface area contributed by atoms with Crippen LogP contribution in [-0.2, 0) is 4.79 Å². The molecule has 5 nitrogen and oxygen atoms in total. The van der Waals surface area contributed by atoms with Crippen molar-refractivity contribution in [3.05, 3.63) is 39.5 Å². The number of hydrogen-bond donors (Lipinski definition) is 0. The minimum Gasteiger partial charge on any atom is -0.339 e. The maximum atomic E-state index is 12.2. The molecule has 2 aromatic rings. The average Bonchev–Trinajstić information content (AvgIpc) is 3.16. The first-order valence-corrected chi connectivity index (χ1v) is 8.40. The summed E-state index contributed by atoms with van der Waals surface area (Å²) in [7, 11) is 0. The van der Waals surface area contributed by atoms with Crippen molar-refractivity contribution in [2.75, 3.05) is 13.1 Å². The third kappa shape index (κ3) is 3.59. The number of likely N-dealkylation sites (tertiary alicyclic amines) is 1. The summed E-state index contributed by atoms with van der Waals surface area (Å²) in [6.45, 7) is 1.53.